The van der Waals surface area contributed by atoms with Crippen molar-refractivity contribution in [3.05, 3.63) is 121 Å². The summed E-state index contributed by atoms with van der Waals surface area (Å²) >= 11 is 0. The second-order valence-electron chi connectivity index (χ2n) is 8.98. The molecular weight excluding hydrogens is 412 g/mol. The number of para-hydroxylation sites is 2. The standard InChI is InChI=1S/C30H21B2NO/c1-3-11-21(12-4-1)31-23-15-7-9-17-25(23)33-26-19-20-28-30(29(26)31)32(22-13-5-2-6-14-22)24-16-8-10-18-27(24)34-28/h1-20,33H. The summed E-state index contributed by atoms with van der Waals surface area (Å²) < 4.78 is 6.54. The summed E-state index contributed by atoms with van der Waals surface area (Å²) in [4.78, 5) is 0. The van der Waals surface area contributed by atoms with E-state index in [-0.39, 0.29) is 13.4 Å². The van der Waals surface area contributed by atoms with E-state index in [4.69, 9.17) is 4.74 Å². The summed E-state index contributed by atoms with van der Waals surface area (Å²) in [6.45, 7) is 0.207. The molecule has 0 saturated carbocycles. The molecule has 0 amide bonds. The maximum absolute atomic E-state index is 6.54. The van der Waals surface area contributed by atoms with Crippen LogP contribution < -0.4 is 42.8 Å². The Morgan fingerprint density at radius 2 is 1.03 bits per heavy atom. The Kier molecular flexibility index (Phi) is 4.38. The number of ether oxygens (including phenoxy) is 1. The molecule has 4 heteroatoms. The van der Waals surface area contributed by atoms with Gasteiger partial charge in [-0.05, 0) is 46.1 Å². The van der Waals surface area contributed by atoms with Crippen LogP contribution in [0, 0.1) is 0 Å². The molecular formula is C30H21B2NO. The van der Waals surface area contributed by atoms with Gasteiger partial charge in [0.2, 0.25) is 13.4 Å². The second kappa shape index (κ2) is 7.71. The van der Waals surface area contributed by atoms with Crippen LogP contribution in [-0.2, 0) is 0 Å². The van der Waals surface area contributed by atoms with Gasteiger partial charge in [0.25, 0.3) is 0 Å². The normalized spacial score (nSPS) is 13.1. The molecule has 0 radical (unpaired) electrons. The highest BCUT2D eigenvalue weighted by Crippen LogP contribution is 2.28. The summed E-state index contributed by atoms with van der Waals surface area (Å²) in [6.07, 6.45) is 0. The van der Waals surface area contributed by atoms with Crippen LogP contribution in [0.3, 0.4) is 0 Å². The van der Waals surface area contributed by atoms with E-state index in [1.54, 1.807) is 0 Å². The highest BCUT2D eigenvalue weighted by molar-refractivity contribution is 7.06. The van der Waals surface area contributed by atoms with Gasteiger partial charge in [0, 0.05) is 11.4 Å². The Hall–Kier alpha value is -4.17. The lowest BCUT2D eigenvalue weighted by atomic mass is 9.27. The maximum atomic E-state index is 6.54. The van der Waals surface area contributed by atoms with E-state index in [0.29, 0.717) is 0 Å². The van der Waals surface area contributed by atoms with Crippen molar-refractivity contribution < 1.29 is 4.74 Å². The van der Waals surface area contributed by atoms with Crippen LogP contribution in [0.4, 0.5) is 11.4 Å². The molecule has 5 aromatic rings. The number of rotatable bonds is 2. The molecule has 2 nitrogen and oxygen atoms in total. The number of hydrogen-bond donors (Lipinski definition) is 1. The number of fused-ring (bicyclic) bond motifs is 5. The third kappa shape index (κ3) is 2.92. The largest absolute Gasteiger partial charge is 0.458 e. The number of anilines is 2. The summed E-state index contributed by atoms with van der Waals surface area (Å²) in [5, 5.41) is 3.73. The second-order valence-corrected chi connectivity index (χ2v) is 8.98. The number of nitrogens with one attached hydrogen (secondary N) is 1. The Bertz CT molecular complexity index is 1400. The molecule has 0 fully saturated rings. The average Bonchev–Trinajstić information content (AvgIpc) is 2.91. The molecule has 2 heterocycles. The van der Waals surface area contributed by atoms with Gasteiger partial charge in [0.15, 0.2) is 0 Å². The zero-order valence-electron chi connectivity index (χ0n) is 18.6. The van der Waals surface area contributed by atoms with E-state index in [2.05, 4.69) is 127 Å². The van der Waals surface area contributed by atoms with Crippen LogP contribution in [0.1, 0.15) is 0 Å². The zero-order valence-corrected chi connectivity index (χ0v) is 18.6. The first-order valence-corrected chi connectivity index (χ1v) is 11.8. The maximum Gasteiger partial charge on any atom is 0.250 e. The number of hydrogen-bond acceptors (Lipinski definition) is 2. The summed E-state index contributed by atoms with van der Waals surface area (Å²) in [5.74, 6) is 1.87. The molecule has 2 aliphatic rings. The molecule has 5 aromatic carbocycles. The van der Waals surface area contributed by atoms with E-state index in [1.807, 2.05) is 0 Å². The van der Waals surface area contributed by atoms with Crippen LogP contribution >= 0.6 is 0 Å². The fraction of sp³-hybridized carbons (Fsp3) is 0. The van der Waals surface area contributed by atoms with Gasteiger partial charge in [0.05, 0.1) is 0 Å². The summed E-state index contributed by atoms with van der Waals surface area (Å²) in [6, 6.07) is 43.1. The fourth-order valence-corrected chi connectivity index (χ4v) is 5.66. The SMILES string of the molecule is c1ccc(B2c3ccccc3Nc3ccc4c(c32)B(c2ccccc2)c2ccccc2O4)cc1. The lowest BCUT2D eigenvalue weighted by Crippen LogP contribution is -2.67. The molecule has 0 unspecified atom stereocenters. The van der Waals surface area contributed by atoms with E-state index in [9.17, 15) is 0 Å². The highest BCUT2D eigenvalue weighted by Gasteiger charge is 2.40. The minimum absolute atomic E-state index is 0.0920. The Morgan fingerprint density at radius 3 is 1.76 bits per heavy atom. The first-order chi connectivity index (χ1) is 16.9. The van der Waals surface area contributed by atoms with Gasteiger partial charge in [-0.1, -0.05) is 108 Å². The quantitative estimate of drug-likeness (QED) is 0.424. The molecule has 0 atom stereocenters. The van der Waals surface area contributed by atoms with Crippen molar-refractivity contribution in [1.82, 2.24) is 0 Å². The first kappa shape index (κ1) is 19.3. The van der Waals surface area contributed by atoms with Gasteiger partial charge in [-0.3, -0.25) is 0 Å². The van der Waals surface area contributed by atoms with Gasteiger partial charge in [-0.2, -0.15) is 0 Å². The van der Waals surface area contributed by atoms with Gasteiger partial charge < -0.3 is 10.1 Å². The Morgan fingerprint density at radius 1 is 0.441 bits per heavy atom. The van der Waals surface area contributed by atoms with Crippen molar-refractivity contribution >= 4 is 57.6 Å². The molecule has 1 N–H and O–H groups in total. The van der Waals surface area contributed by atoms with Crippen molar-refractivity contribution in [3.63, 3.8) is 0 Å². The lowest BCUT2D eigenvalue weighted by molar-refractivity contribution is 0.488. The minimum atomic E-state index is 0.0920. The van der Waals surface area contributed by atoms with Crippen molar-refractivity contribution in [1.29, 1.82) is 0 Å². The van der Waals surface area contributed by atoms with Crippen LogP contribution in [0.5, 0.6) is 11.5 Å². The predicted octanol–water partition coefficient (Wildman–Crippen LogP) is 2.88. The first-order valence-electron chi connectivity index (χ1n) is 11.8. The van der Waals surface area contributed by atoms with Crippen LogP contribution in [0.15, 0.2) is 121 Å². The molecule has 0 bridgehead atoms. The molecule has 0 saturated heterocycles. The summed E-state index contributed by atoms with van der Waals surface area (Å²) in [5.41, 5.74) is 9.92. The third-order valence-corrected chi connectivity index (χ3v) is 7.08. The van der Waals surface area contributed by atoms with E-state index in [1.165, 1.54) is 32.8 Å². The topological polar surface area (TPSA) is 21.3 Å². The third-order valence-electron chi connectivity index (χ3n) is 7.08. The van der Waals surface area contributed by atoms with Crippen LogP contribution in [-0.4, -0.2) is 13.4 Å². The molecule has 0 aromatic heterocycles. The van der Waals surface area contributed by atoms with Gasteiger partial charge in [-0.15, -0.1) is 0 Å². The Balaban J connectivity index is 1.55. The molecule has 2 aliphatic heterocycles. The average molecular weight is 433 g/mol. The minimum Gasteiger partial charge on any atom is -0.458 e. The van der Waals surface area contributed by atoms with E-state index >= 15 is 0 Å². The monoisotopic (exact) mass is 433 g/mol. The van der Waals surface area contributed by atoms with Gasteiger partial charge >= 0.3 is 0 Å². The molecule has 0 aliphatic carbocycles. The van der Waals surface area contributed by atoms with Gasteiger partial charge in [0.1, 0.15) is 11.5 Å². The highest BCUT2D eigenvalue weighted by atomic mass is 16.5. The molecule has 0 spiro atoms. The van der Waals surface area contributed by atoms with Crippen LogP contribution in [0.25, 0.3) is 0 Å². The lowest BCUT2D eigenvalue weighted by Gasteiger charge is -2.35. The van der Waals surface area contributed by atoms with E-state index < -0.39 is 0 Å². The fourth-order valence-electron chi connectivity index (χ4n) is 5.66. The van der Waals surface area contributed by atoms with Crippen molar-refractivity contribution in [2.75, 3.05) is 5.32 Å². The van der Waals surface area contributed by atoms with Crippen LogP contribution in [0.2, 0.25) is 0 Å². The molecule has 34 heavy (non-hydrogen) atoms. The van der Waals surface area contributed by atoms with E-state index in [0.717, 1.165) is 22.9 Å². The predicted molar refractivity (Wildman–Crippen MR) is 145 cm³/mol. The molecule has 7 rings (SSSR count). The van der Waals surface area contributed by atoms with Crippen molar-refractivity contribution in [2.24, 2.45) is 0 Å². The summed E-state index contributed by atoms with van der Waals surface area (Å²) in [7, 11) is 0. The zero-order chi connectivity index (χ0) is 22.5. The smallest absolute Gasteiger partial charge is 0.250 e. The molecule has 158 valence electrons. The Labute approximate surface area is 200 Å². The van der Waals surface area contributed by atoms with Crippen molar-refractivity contribution in [3.8, 4) is 11.5 Å². The number of benzene rings is 5. The van der Waals surface area contributed by atoms with Gasteiger partial charge in [-0.25, -0.2) is 0 Å². The van der Waals surface area contributed by atoms with Crippen molar-refractivity contribution in [2.45, 2.75) is 0 Å².